The fraction of sp³-hybridized carbons (Fsp3) is 0.0741. The lowest BCUT2D eigenvalue weighted by Crippen LogP contribution is -2.11. The van der Waals surface area contributed by atoms with Crippen molar-refractivity contribution < 1.29 is 0 Å². The van der Waals surface area contributed by atoms with E-state index >= 15 is 0 Å². The first kappa shape index (κ1) is 36.6. The van der Waals surface area contributed by atoms with Gasteiger partial charge in [0.2, 0.25) is 0 Å². The molecule has 1 nitrogen and oxygen atoms in total. The van der Waals surface area contributed by atoms with E-state index in [4.69, 9.17) is 11.6 Å². The predicted octanol–water partition coefficient (Wildman–Crippen LogP) is 16.6. The summed E-state index contributed by atoms with van der Waals surface area (Å²) in [6.45, 7) is 6.80. The number of hydrogen-bond donors (Lipinski definition) is 0. The summed E-state index contributed by atoms with van der Waals surface area (Å²) < 4.78 is 0. The highest BCUT2D eigenvalue weighted by molar-refractivity contribution is 7.99. The molecule has 0 aliphatic heterocycles. The molecule has 0 saturated heterocycles. The lowest BCUT2D eigenvalue weighted by atomic mass is 9.86. The van der Waals surface area contributed by atoms with Crippen LogP contribution in [0.2, 0.25) is 5.02 Å². The summed E-state index contributed by atoms with van der Waals surface area (Å²) in [5, 5.41) is 5.60. The van der Waals surface area contributed by atoms with Crippen LogP contribution in [0.5, 0.6) is 0 Å². The standard InChI is InChI=1S/C54H42ClNS/c1-54(2,3)44-27-23-39(24-28-44)43-33-47(36-48(34-43)57-52-32-29-45(55)35-50(52)40-15-8-5-9-16-40)56(46-30-25-38(26-31-46)37-13-6-4-7-14-37)51-20-12-18-42-22-21-41-17-10-11-19-49(41)53(42)51/h4-36H,1-3H3. The molecule has 0 heterocycles. The molecule has 0 saturated carbocycles. The van der Waals surface area contributed by atoms with Gasteiger partial charge >= 0.3 is 0 Å². The van der Waals surface area contributed by atoms with Crippen molar-refractivity contribution >= 4 is 62.0 Å². The number of anilines is 3. The second-order valence-corrected chi connectivity index (χ2v) is 17.1. The Bertz CT molecular complexity index is 2840. The molecule has 0 atom stereocenters. The molecule has 0 bridgehead atoms. The van der Waals surface area contributed by atoms with E-state index in [2.05, 4.69) is 220 Å². The third kappa shape index (κ3) is 7.59. The third-order valence-corrected chi connectivity index (χ3v) is 12.0. The van der Waals surface area contributed by atoms with Crippen molar-refractivity contribution in [2.75, 3.05) is 4.90 Å². The van der Waals surface area contributed by atoms with Crippen LogP contribution < -0.4 is 4.90 Å². The van der Waals surface area contributed by atoms with Crippen molar-refractivity contribution in [3.05, 3.63) is 211 Å². The van der Waals surface area contributed by atoms with Gasteiger partial charge in [-0.3, -0.25) is 0 Å². The van der Waals surface area contributed by atoms with Gasteiger partial charge in [-0.2, -0.15) is 0 Å². The maximum Gasteiger partial charge on any atom is 0.0546 e. The second kappa shape index (κ2) is 15.5. The minimum atomic E-state index is 0.0592. The van der Waals surface area contributed by atoms with Gasteiger partial charge in [0, 0.05) is 31.6 Å². The van der Waals surface area contributed by atoms with Crippen molar-refractivity contribution in [1.29, 1.82) is 0 Å². The Labute approximate surface area is 345 Å². The largest absolute Gasteiger partial charge is 0.310 e. The summed E-state index contributed by atoms with van der Waals surface area (Å²) in [5.74, 6) is 0. The topological polar surface area (TPSA) is 3.24 Å². The lowest BCUT2D eigenvalue weighted by Gasteiger charge is -2.29. The molecule has 0 unspecified atom stereocenters. The van der Waals surface area contributed by atoms with Crippen LogP contribution in [0.3, 0.4) is 0 Å². The van der Waals surface area contributed by atoms with E-state index in [1.54, 1.807) is 11.8 Å². The molecule has 0 amide bonds. The molecule has 276 valence electrons. The predicted molar refractivity (Wildman–Crippen MR) is 247 cm³/mol. The quantitative estimate of drug-likeness (QED) is 0.142. The van der Waals surface area contributed by atoms with Gasteiger partial charge in [0.1, 0.15) is 0 Å². The average Bonchev–Trinajstić information content (AvgIpc) is 3.25. The minimum absolute atomic E-state index is 0.0592. The summed E-state index contributed by atoms with van der Waals surface area (Å²) in [6.07, 6.45) is 0. The molecule has 3 heteroatoms. The Hall–Kier alpha value is -6.06. The summed E-state index contributed by atoms with van der Waals surface area (Å²) in [5.41, 5.74) is 11.6. The maximum atomic E-state index is 6.65. The number of rotatable bonds is 8. The molecule has 9 aromatic rings. The van der Waals surface area contributed by atoms with Crippen molar-refractivity contribution in [2.24, 2.45) is 0 Å². The van der Waals surface area contributed by atoms with Crippen LogP contribution in [0, 0.1) is 0 Å². The van der Waals surface area contributed by atoms with Crippen molar-refractivity contribution in [2.45, 2.75) is 36.0 Å². The number of fused-ring (bicyclic) bond motifs is 3. The zero-order valence-electron chi connectivity index (χ0n) is 32.3. The fourth-order valence-corrected chi connectivity index (χ4v) is 8.96. The van der Waals surface area contributed by atoms with E-state index in [-0.39, 0.29) is 5.41 Å². The molecule has 0 radical (unpaired) electrons. The van der Waals surface area contributed by atoms with E-state index in [0.717, 1.165) is 48.6 Å². The maximum absolute atomic E-state index is 6.65. The molecular formula is C54H42ClNS. The summed E-state index contributed by atoms with van der Waals surface area (Å²) >= 11 is 8.42. The smallest absolute Gasteiger partial charge is 0.0546 e. The zero-order valence-corrected chi connectivity index (χ0v) is 33.9. The molecule has 9 rings (SSSR count). The second-order valence-electron chi connectivity index (χ2n) is 15.6. The van der Waals surface area contributed by atoms with Crippen LogP contribution in [-0.4, -0.2) is 0 Å². The summed E-state index contributed by atoms with van der Waals surface area (Å²) in [4.78, 5) is 4.73. The first-order chi connectivity index (χ1) is 27.8. The molecule has 9 aromatic carbocycles. The SMILES string of the molecule is CC(C)(C)c1ccc(-c2cc(Sc3ccc(Cl)cc3-c3ccccc3)cc(N(c3ccc(-c4ccccc4)cc3)c3cccc4ccc5ccccc5c34)c2)cc1. The van der Waals surface area contributed by atoms with Crippen LogP contribution in [0.4, 0.5) is 17.1 Å². The highest BCUT2D eigenvalue weighted by Crippen LogP contribution is 2.46. The molecular weight excluding hydrogens is 730 g/mol. The van der Waals surface area contributed by atoms with Crippen molar-refractivity contribution in [3.63, 3.8) is 0 Å². The van der Waals surface area contributed by atoms with Crippen LogP contribution in [0.15, 0.2) is 210 Å². The van der Waals surface area contributed by atoms with Crippen LogP contribution in [0.25, 0.3) is 54.9 Å². The van der Waals surface area contributed by atoms with E-state index in [9.17, 15) is 0 Å². The molecule has 0 aliphatic carbocycles. The minimum Gasteiger partial charge on any atom is -0.310 e. The van der Waals surface area contributed by atoms with Crippen LogP contribution >= 0.6 is 23.4 Å². The number of hydrogen-bond acceptors (Lipinski definition) is 2. The van der Waals surface area contributed by atoms with Gasteiger partial charge in [-0.1, -0.05) is 190 Å². The molecule has 0 fully saturated rings. The summed E-state index contributed by atoms with van der Waals surface area (Å²) in [7, 11) is 0. The van der Waals surface area contributed by atoms with Gasteiger partial charge in [0.15, 0.2) is 0 Å². The van der Waals surface area contributed by atoms with Gasteiger partial charge in [-0.05, 0) is 115 Å². The fourth-order valence-electron chi connectivity index (χ4n) is 7.75. The van der Waals surface area contributed by atoms with E-state index < -0.39 is 0 Å². The van der Waals surface area contributed by atoms with Crippen molar-refractivity contribution in [1.82, 2.24) is 0 Å². The van der Waals surface area contributed by atoms with E-state index in [1.165, 1.54) is 43.8 Å². The zero-order chi connectivity index (χ0) is 38.9. The molecule has 0 aliphatic rings. The van der Waals surface area contributed by atoms with Gasteiger partial charge in [-0.25, -0.2) is 0 Å². The van der Waals surface area contributed by atoms with Gasteiger partial charge in [-0.15, -0.1) is 0 Å². The first-order valence-corrected chi connectivity index (χ1v) is 20.6. The summed E-state index contributed by atoms with van der Waals surface area (Å²) in [6, 6.07) is 72.3. The average molecular weight is 772 g/mol. The van der Waals surface area contributed by atoms with Crippen LogP contribution in [0.1, 0.15) is 26.3 Å². The molecule has 0 N–H and O–H groups in total. The Balaban J connectivity index is 1.28. The number of nitrogens with zero attached hydrogens (tertiary/aromatic N) is 1. The highest BCUT2D eigenvalue weighted by Gasteiger charge is 2.21. The Morgan fingerprint density at radius 1 is 0.456 bits per heavy atom. The Morgan fingerprint density at radius 3 is 1.81 bits per heavy atom. The highest BCUT2D eigenvalue weighted by atomic mass is 35.5. The normalized spacial score (nSPS) is 11.6. The molecule has 0 spiro atoms. The Kier molecular flexibility index (Phi) is 9.92. The van der Waals surface area contributed by atoms with Crippen molar-refractivity contribution in [3.8, 4) is 33.4 Å². The number of benzene rings is 9. The third-order valence-electron chi connectivity index (χ3n) is 10.7. The molecule has 57 heavy (non-hydrogen) atoms. The monoisotopic (exact) mass is 771 g/mol. The van der Waals surface area contributed by atoms with Gasteiger partial charge in [0.25, 0.3) is 0 Å². The first-order valence-electron chi connectivity index (χ1n) is 19.4. The number of halogens is 1. The molecule has 0 aromatic heterocycles. The van der Waals surface area contributed by atoms with Gasteiger partial charge < -0.3 is 4.90 Å². The Morgan fingerprint density at radius 2 is 1.07 bits per heavy atom. The van der Waals surface area contributed by atoms with E-state index in [0.29, 0.717) is 0 Å². The van der Waals surface area contributed by atoms with E-state index in [1.807, 2.05) is 6.07 Å². The van der Waals surface area contributed by atoms with Gasteiger partial charge in [0.05, 0.1) is 5.69 Å². The lowest BCUT2D eigenvalue weighted by molar-refractivity contribution is 0.590. The van der Waals surface area contributed by atoms with Crippen LogP contribution in [-0.2, 0) is 5.41 Å².